The van der Waals surface area contributed by atoms with Crippen LogP contribution >= 0.6 is 11.6 Å². The summed E-state index contributed by atoms with van der Waals surface area (Å²) in [6, 6.07) is 3.92. The molecule has 0 N–H and O–H groups in total. The van der Waals surface area contributed by atoms with Gasteiger partial charge in [0.05, 0.1) is 18.2 Å². The molecule has 14 heavy (non-hydrogen) atoms. The number of benzene rings is 1. The van der Waals surface area contributed by atoms with Gasteiger partial charge in [-0.25, -0.2) is 0 Å². The maximum atomic E-state index is 6.07. The lowest BCUT2D eigenvalue weighted by molar-refractivity contribution is 0.340. The standard InChI is InChI=1S/C11H13ClO2/c1-3-13-10-4-7(2)8(5-9(10)12)11-6-14-11/h4-5,11H,3,6H2,1-2H3. The molecule has 0 bridgehead atoms. The minimum absolute atomic E-state index is 0.253. The summed E-state index contributed by atoms with van der Waals surface area (Å²) in [5.41, 5.74) is 2.36. The SMILES string of the molecule is CCOc1cc(C)c(C2CO2)cc1Cl. The van der Waals surface area contributed by atoms with E-state index in [1.54, 1.807) is 0 Å². The number of hydrogen-bond donors (Lipinski definition) is 0. The third-order valence-electron chi connectivity index (χ3n) is 2.30. The van der Waals surface area contributed by atoms with Crippen LogP contribution in [-0.4, -0.2) is 13.2 Å². The molecule has 1 fully saturated rings. The molecule has 76 valence electrons. The lowest BCUT2D eigenvalue weighted by Crippen LogP contribution is -1.95. The highest BCUT2D eigenvalue weighted by atomic mass is 35.5. The van der Waals surface area contributed by atoms with Gasteiger partial charge in [-0.1, -0.05) is 11.6 Å². The van der Waals surface area contributed by atoms with E-state index in [-0.39, 0.29) is 6.10 Å². The van der Waals surface area contributed by atoms with E-state index in [0.717, 1.165) is 12.4 Å². The average molecular weight is 213 g/mol. The van der Waals surface area contributed by atoms with Crippen LogP contribution in [0.15, 0.2) is 12.1 Å². The van der Waals surface area contributed by atoms with Gasteiger partial charge in [0.2, 0.25) is 0 Å². The predicted molar refractivity (Wildman–Crippen MR) is 56.1 cm³/mol. The van der Waals surface area contributed by atoms with Crippen molar-refractivity contribution >= 4 is 11.6 Å². The monoisotopic (exact) mass is 212 g/mol. The summed E-state index contributed by atoms with van der Waals surface area (Å²) in [5, 5.41) is 0.669. The van der Waals surface area contributed by atoms with Crippen LogP contribution in [0.5, 0.6) is 5.75 Å². The van der Waals surface area contributed by atoms with Gasteiger partial charge in [0.1, 0.15) is 11.9 Å². The summed E-state index contributed by atoms with van der Waals surface area (Å²) in [5.74, 6) is 0.760. The van der Waals surface area contributed by atoms with Crippen LogP contribution in [0.3, 0.4) is 0 Å². The molecule has 2 rings (SSSR count). The molecule has 1 saturated heterocycles. The highest BCUT2D eigenvalue weighted by molar-refractivity contribution is 6.32. The zero-order valence-electron chi connectivity index (χ0n) is 8.34. The predicted octanol–water partition coefficient (Wildman–Crippen LogP) is 3.12. The Hall–Kier alpha value is -0.730. The third kappa shape index (κ3) is 1.86. The van der Waals surface area contributed by atoms with Crippen LogP contribution in [0.25, 0.3) is 0 Å². The second-order valence-corrected chi connectivity index (χ2v) is 3.80. The summed E-state index contributed by atoms with van der Waals surface area (Å²) >= 11 is 6.07. The summed E-state index contributed by atoms with van der Waals surface area (Å²) in [7, 11) is 0. The van der Waals surface area contributed by atoms with E-state index in [0.29, 0.717) is 11.6 Å². The Labute approximate surface area is 88.8 Å². The van der Waals surface area contributed by atoms with Gasteiger partial charge in [0.15, 0.2) is 0 Å². The fraction of sp³-hybridized carbons (Fsp3) is 0.455. The molecular formula is C11H13ClO2. The highest BCUT2D eigenvalue weighted by Gasteiger charge is 2.27. The van der Waals surface area contributed by atoms with Gasteiger partial charge in [0.25, 0.3) is 0 Å². The molecular weight excluding hydrogens is 200 g/mol. The van der Waals surface area contributed by atoms with Gasteiger partial charge in [-0.15, -0.1) is 0 Å². The van der Waals surface area contributed by atoms with Crippen molar-refractivity contribution in [2.45, 2.75) is 20.0 Å². The average Bonchev–Trinajstić information content (AvgIpc) is 2.94. The summed E-state index contributed by atoms with van der Waals surface area (Å²) in [4.78, 5) is 0. The van der Waals surface area contributed by atoms with E-state index in [4.69, 9.17) is 21.1 Å². The first-order chi connectivity index (χ1) is 6.72. The number of epoxide rings is 1. The number of halogens is 1. The molecule has 0 spiro atoms. The van der Waals surface area contributed by atoms with Crippen molar-refractivity contribution in [2.75, 3.05) is 13.2 Å². The van der Waals surface area contributed by atoms with Gasteiger partial charge in [-0.2, -0.15) is 0 Å². The van der Waals surface area contributed by atoms with E-state index in [2.05, 4.69) is 6.92 Å². The molecule has 1 unspecified atom stereocenters. The molecule has 0 aliphatic carbocycles. The molecule has 1 aromatic rings. The van der Waals surface area contributed by atoms with E-state index in [1.165, 1.54) is 11.1 Å². The quantitative estimate of drug-likeness (QED) is 0.719. The van der Waals surface area contributed by atoms with Gasteiger partial charge in [-0.3, -0.25) is 0 Å². The number of rotatable bonds is 3. The Kier molecular flexibility index (Phi) is 2.66. The van der Waals surface area contributed by atoms with Crippen LogP contribution in [0.2, 0.25) is 5.02 Å². The first-order valence-electron chi connectivity index (χ1n) is 4.76. The van der Waals surface area contributed by atoms with Crippen LogP contribution < -0.4 is 4.74 Å². The highest BCUT2D eigenvalue weighted by Crippen LogP contribution is 2.37. The third-order valence-corrected chi connectivity index (χ3v) is 2.60. The molecule has 1 aliphatic rings. The van der Waals surface area contributed by atoms with Crippen LogP contribution in [0.1, 0.15) is 24.2 Å². The van der Waals surface area contributed by atoms with Crippen LogP contribution in [-0.2, 0) is 4.74 Å². The van der Waals surface area contributed by atoms with Gasteiger partial charge in [0, 0.05) is 0 Å². The van der Waals surface area contributed by atoms with Crippen molar-refractivity contribution in [2.24, 2.45) is 0 Å². The topological polar surface area (TPSA) is 21.8 Å². The second kappa shape index (κ2) is 3.79. The second-order valence-electron chi connectivity index (χ2n) is 3.39. The van der Waals surface area contributed by atoms with Gasteiger partial charge in [-0.05, 0) is 37.1 Å². The Morgan fingerprint density at radius 3 is 2.86 bits per heavy atom. The lowest BCUT2D eigenvalue weighted by Gasteiger charge is -2.09. The summed E-state index contributed by atoms with van der Waals surface area (Å²) in [6.45, 7) is 5.45. The van der Waals surface area contributed by atoms with Gasteiger partial charge < -0.3 is 9.47 Å². The van der Waals surface area contributed by atoms with E-state index in [1.807, 2.05) is 19.1 Å². The van der Waals surface area contributed by atoms with Crippen molar-refractivity contribution in [1.29, 1.82) is 0 Å². The van der Waals surface area contributed by atoms with Crippen molar-refractivity contribution in [3.63, 3.8) is 0 Å². The Morgan fingerprint density at radius 1 is 1.57 bits per heavy atom. The first-order valence-corrected chi connectivity index (χ1v) is 5.14. The maximum Gasteiger partial charge on any atom is 0.138 e. The maximum absolute atomic E-state index is 6.07. The zero-order valence-corrected chi connectivity index (χ0v) is 9.10. The Morgan fingerprint density at radius 2 is 2.29 bits per heavy atom. The number of ether oxygens (including phenoxy) is 2. The zero-order chi connectivity index (χ0) is 10.1. The lowest BCUT2D eigenvalue weighted by atomic mass is 10.1. The van der Waals surface area contributed by atoms with E-state index in [9.17, 15) is 0 Å². The van der Waals surface area contributed by atoms with Crippen molar-refractivity contribution < 1.29 is 9.47 Å². The number of hydrogen-bond acceptors (Lipinski definition) is 2. The molecule has 0 saturated carbocycles. The first kappa shape index (κ1) is 9.81. The van der Waals surface area contributed by atoms with Crippen molar-refractivity contribution in [3.8, 4) is 5.75 Å². The fourth-order valence-electron chi connectivity index (χ4n) is 1.51. The molecule has 0 aromatic heterocycles. The Balaban J connectivity index is 2.33. The molecule has 3 heteroatoms. The summed E-state index contributed by atoms with van der Waals surface area (Å²) < 4.78 is 10.6. The molecule has 1 aromatic carbocycles. The van der Waals surface area contributed by atoms with Crippen LogP contribution in [0.4, 0.5) is 0 Å². The van der Waals surface area contributed by atoms with Crippen molar-refractivity contribution in [3.05, 3.63) is 28.3 Å². The Bertz CT molecular complexity index is 345. The largest absolute Gasteiger partial charge is 0.492 e. The minimum Gasteiger partial charge on any atom is -0.492 e. The minimum atomic E-state index is 0.253. The summed E-state index contributed by atoms with van der Waals surface area (Å²) in [6.07, 6.45) is 0.253. The molecule has 1 aliphatic heterocycles. The smallest absolute Gasteiger partial charge is 0.138 e. The molecule has 1 heterocycles. The molecule has 1 atom stereocenters. The van der Waals surface area contributed by atoms with E-state index < -0.39 is 0 Å². The van der Waals surface area contributed by atoms with E-state index >= 15 is 0 Å². The molecule has 2 nitrogen and oxygen atoms in total. The van der Waals surface area contributed by atoms with Gasteiger partial charge >= 0.3 is 0 Å². The fourth-order valence-corrected chi connectivity index (χ4v) is 1.74. The normalized spacial score (nSPS) is 19.5. The molecule has 0 amide bonds. The van der Waals surface area contributed by atoms with Crippen LogP contribution in [0, 0.1) is 6.92 Å². The number of aryl methyl sites for hydroxylation is 1. The van der Waals surface area contributed by atoms with Crippen molar-refractivity contribution in [1.82, 2.24) is 0 Å². The molecule has 0 radical (unpaired) electrons.